The molecule has 1 saturated heterocycles. The van der Waals surface area contributed by atoms with E-state index in [0.29, 0.717) is 48.5 Å². The van der Waals surface area contributed by atoms with Crippen molar-refractivity contribution in [2.24, 2.45) is 0 Å². The summed E-state index contributed by atoms with van der Waals surface area (Å²) in [4.78, 5) is 0. The maximum absolute atomic E-state index is 12.4. The third kappa shape index (κ3) is 3.58. The molecule has 4 nitrogen and oxygen atoms in total. The molecule has 0 aliphatic carbocycles. The molecule has 0 spiro atoms. The number of halogens is 1. The molecule has 0 aromatic heterocycles. The van der Waals surface area contributed by atoms with E-state index in [-0.39, 0.29) is 11.4 Å². The van der Waals surface area contributed by atoms with Crippen molar-refractivity contribution < 1.29 is 18.4 Å². The fraction of sp³-hybridized carbons (Fsp3) is 0.625. The monoisotopic (exact) mass is 344 g/mol. The fourth-order valence-electron chi connectivity index (χ4n) is 2.86. The van der Waals surface area contributed by atoms with Crippen LogP contribution in [0.1, 0.15) is 25.3 Å². The zero-order valence-electron chi connectivity index (χ0n) is 12.7. The summed E-state index contributed by atoms with van der Waals surface area (Å²) in [6, 6.07) is 3.85. The van der Waals surface area contributed by atoms with Crippen LogP contribution < -0.4 is 9.47 Å². The smallest absolute Gasteiger partial charge is 0.179 e. The van der Waals surface area contributed by atoms with E-state index in [1.54, 1.807) is 0 Å². The van der Waals surface area contributed by atoms with Gasteiger partial charge >= 0.3 is 0 Å². The highest BCUT2D eigenvalue weighted by Gasteiger charge is 2.29. The third-order valence-corrected chi connectivity index (χ3v) is 6.28. The van der Waals surface area contributed by atoms with Crippen LogP contribution in [0.4, 0.5) is 0 Å². The molecule has 22 heavy (non-hydrogen) atoms. The summed E-state index contributed by atoms with van der Waals surface area (Å²) in [6.07, 6.45) is 2.54. The van der Waals surface area contributed by atoms with Crippen molar-refractivity contribution >= 4 is 22.4 Å². The topological polar surface area (TPSA) is 44.8 Å². The van der Waals surface area contributed by atoms with Gasteiger partial charge in [0.1, 0.15) is 0 Å². The zero-order chi connectivity index (χ0) is 15.5. The summed E-state index contributed by atoms with van der Waals surface area (Å²) in [5, 5.41) is 0.716. The van der Waals surface area contributed by atoms with Gasteiger partial charge in [-0.1, -0.05) is 11.6 Å². The molecule has 1 aromatic carbocycles. The molecule has 122 valence electrons. The lowest BCUT2D eigenvalue weighted by Crippen LogP contribution is -2.25. The molecule has 0 bridgehead atoms. The Hall–Kier alpha value is -0.780. The molecule has 0 amide bonds. The normalized spacial score (nSPS) is 25.7. The van der Waals surface area contributed by atoms with Crippen molar-refractivity contribution in [3.05, 3.63) is 22.7 Å². The van der Waals surface area contributed by atoms with Crippen LogP contribution in [0, 0.1) is 0 Å². The summed E-state index contributed by atoms with van der Waals surface area (Å²) in [5.41, 5.74) is 1.04. The van der Waals surface area contributed by atoms with E-state index in [0.717, 1.165) is 18.4 Å². The first-order valence-electron chi connectivity index (χ1n) is 7.72. The van der Waals surface area contributed by atoms with Gasteiger partial charge in [0.2, 0.25) is 0 Å². The molecule has 2 aliphatic rings. The second-order valence-electron chi connectivity index (χ2n) is 5.69. The number of aryl methyl sites for hydroxylation is 1. The minimum Gasteiger partial charge on any atom is -0.489 e. The van der Waals surface area contributed by atoms with Gasteiger partial charge in [-0.15, -0.1) is 0 Å². The Morgan fingerprint density at radius 1 is 1.27 bits per heavy atom. The van der Waals surface area contributed by atoms with Gasteiger partial charge in [0.15, 0.2) is 11.5 Å². The summed E-state index contributed by atoms with van der Waals surface area (Å²) < 4.78 is 29.2. The Labute approximate surface area is 138 Å². The van der Waals surface area contributed by atoms with Crippen LogP contribution in [0.2, 0.25) is 5.02 Å². The molecule has 0 N–H and O–H groups in total. The molecule has 1 aromatic rings. The lowest BCUT2D eigenvalue weighted by atomic mass is 10.1. The first kappa shape index (κ1) is 16.1. The molecule has 3 unspecified atom stereocenters. The summed E-state index contributed by atoms with van der Waals surface area (Å²) in [5.74, 6) is 1.94. The van der Waals surface area contributed by atoms with Crippen LogP contribution in [-0.4, -0.2) is 41.1 Å². The van der Waals surface area contributed by atoms with Gasteiger partial charge in [0.05, 0.1) is 29.6 Å². The van der Waals surface area contributed by atoms with E-state index in [2.05, 4.69) is 0 Å². The van der Waals surface area contributed by atoms with Crippen molar-refractivity contribution in [1.29, 1.82) is 0 Å². The SMILES string of the molecule is CC1OCCC1S(=O)CCc1cc(Cl)c2c(c1)OCCCO2. The first-order chi connectivity index (χ1) is 10.6. The third-order valence-electron chi connectivity index (χ3n) is 4.10. The predicted octanol–water partition coefficient (Wildman–Crippen LogP) is 2.97. The Balaban J connectivity index is 1.66. The van der Waals surface area contributed by atoms with Gasteiger partial charge in [-0.05, 0) is 37.5 Å². The lowest BCUT2D eigenvalue weighted by Gasteiger charge is -2.14. The van der Waals surface area contributed by atoms with Crippen LogP contribution in [0.25, 0.3) is 0 Å². The van der Waals surface area contributed by atoms with Crippen molar-refractivity contribution in [1.82, 2.24) is 0 Å². The van der Waals surface area contributed by atoms with Crippen LogP contribution in [0.15, 0.2) is 12.1 Å². The van der Waals surface area contributed by atoms with Crippen LogP contribution >= 0.6 is 11.6 Å². The Morgan fingerprint density at radius 2 is 2.09 bits per heavy atom. The molecule has 0 radical (unpaired) electrons. The molecular formula is C16H21ClO4S. The van der Waals surface area contributed by atoms with Gasteiger partial charge in [0, 0.05) is 29.6 Å². The summed E-state index contributed by atoms with van der Waals surface area (Å²) in [6.45, 7) is 3.97. The van der Waals surface area contributed by atoms with E-state index in [4.69, 9.17) is 25.8 Å². The standard InChI is InChI=1S/C16H21ClO4S/c1-11-15(3-7-19-11)22(18)8-4-12-9-13(17)16-14(10-12)20-5-2-6-21-16/h9-11,15H,2-8H2,1H3. The molecule has 0 saturated carbocycles. The number of benzene rings is 1. The average molecular weight is 345 g/mol. The quantitative estimate of drug-likeness (QED) is 0.842. The molecule has 1 fully saturated rings. The van der Waals surface area contributed by atoms with Gasteiger partial charge < -0.3 is 14.2 Å². The summed E-state index contributed by atoms with van der Waals surface area (Å²) in [7, 11) is -0.878. The second-order valence-corrected chi connectivity index (χ2v) is 7.88. The van der Waals surface area contributed by atoms with E-state index in [9.17, 15) is 4.21 Å². The maximum atomic E-state index is 12.4. The molecule has 2 aliphatic heterocycles. The molecule has 6 heteroatoms. The van der Waals surface area contributed by atoms with Gasteiger partial charge in [-0.25, -0.2) is 0 Å². The number of hydrogen-bond donors (Lipinski definition) is 0. The fourth-order valence-corrected chi connectivity index (χ4v) is 4.75. The molecular weight excluding hydrogens is 324 g/mol. The van der Waals surface area contributed by atoms with E-state index < -0.39 is 10.8 Å². The lowest BCUT2D eigenvalue weighted by molar-refractivity contribution is 0.127. The molecule has 3 atom stereocenters. The van der Waals surface area contributed by atoms with Crippen molar-refractivity contribution in [2.75, 3.05) is 25.6 Å². The first-order valence-corrected chi connectivity index (χ1v) is 9.48. The minimum absolute atomic E-state index is 0.0909. The summed E-state index contributed by atoms with van der Waals surface area (Å²) >= 11 is 6.28. The zero-order valence-corrected chi connectivity index (χ0v) is 14.3. The number of ether oxygens (including phenoxy) is 3. The van der Waals surface area contributed by atoms with Gasteiger partial charge in [0.25, 0.3) is 0 Å². The Morgan fingerprint density at radius 3 is 2.86 bits per heavy atom. The van der Waals surface area contributed by atoms with Crippen LogP contribution in [0.5, 0.6) is 11.5 Å². The van der Waals surface area contributed by atoms with E-state index in [1.165, 1.54) is 0 Å². The van der Waals surface area contributed by atoms with Gasteiger partial charge in [-0.2, -0.15) is 0 Å². The minimum atomic E-state index is -0.878. The van der Waals surface area contributed by atoms with Gasteiger partial charge in [-0.3, -0.25) is 4.21 Å². The Kier molecular flexibility index (Phi) is 5.26. The largest absolute Gasteiger partial charge is 0.489 e. The van der Waals surface area contributed by atoms with Crippen LogP contribution in [0.3, 0.4) is 0 Å². The number of fused-ring (bicyclic) bond motifs is 1. The van der Waals surface area contributed by atoms with Crippen molar-refractivity contribution in [2.45, 2.75) is 37.5 Å². The highest BCUT2D eigenvalue weighted by molar-refractivity contribution is 7.85. The molecule has 3 rings (SSSR count). The van der Waals surface area contributed by atoms with Crippen LogP contribution in [-0.2, 0) is 22.0 Å². The van der Waals surface area contributed by atoms with E-state index in [1.807, 2.05) is 19.1 Å². The van der Waals surface area contributed by atoms with Crippen molar-refractivity contribution in [3.63, 3.8) is 0 Å². The number of rotatable bonds is 4. The van der Waals surface area contributed by atoms with E-state index >= 15 is 0 Å². The molecule has 2 heterocycles. The maximum Gasteiger partial charge on any atom is 0.179 e. The van der Waals surface area contributed by atoms with Crippen molar-refractivity contribution in [3.8, 4) is 11.5 Å². The number of hydrogen-bond acceptors (Lipinski definition) is 4. The Bertz CT molecular complexity index is 563. The predicted molar refractivity (Wildman–Crippen MR) is 87.6 cm³/mol. The highest BCUT2D eigenvalue weighted by atomic mass is 35.5. The second kappa shape index (κ2) is 7.20. The average Bonchev–Trinajstić information content (AvgIpc) is 2.78. The highest BCUT2D eigenvalue weighted by Crippen LogP contribution is 2.38.